The lowest BCUT2D eigenvalue weighted by Gasteiger charge is -2.63. The van der Waals surface area contributed by atoms with Crippen LogP contribution in [-0.2, 0) is 9.53 Å². The monoisotopic (exact) mass is 516 g/mol. The van der Waals surface area contributed by atoms with E-state index < -0.39 is 5.60 Å². The van der Waals surface area contributed by atoms with Crippen molar-refractivity contribution in [1.82, 2.24) is 0 Å². The summed E-state index contributed by atoms with van der Waals surface area (Å²) in [6.45, 7) is 18.0. The molecule has 2 N–H and O–H groups in total. The van der Waals surface area contributed by atoms with Crippen LogP contribution in [-0.4, -0.2) is 34.5 Å². The van der Waals surface area contributed by atoms with E-state index in [-0.39, 0.29) is 30.0 Å². The number of hydrogen-bond donors (Lipinski definition) is 2. The molecule has 5 aliphatic rings. The number of aliphatic hydroxyl groups excluding tert-OH is 1. The highest BCUT2D eigenvalue weighted by molar-refractivity contribution is 5.66. The maximum absolute atomic E-state index is 11.9. The number of ether oxygens (including phenoxy) is 1. The van der Waals surface area contributed by atoms with Gasteiger partial charge in [0.05, 0.1) is 12.2 Å². The van der Waals surface area contributed by atoms with E-state index in [1.54, 1.807) is 6.92 Å². The van der Waals surface area contributed by atoms with Crippen molar-refractivity contribution in [3.8, 4) is 0 Å². The van der Waals surface area contributed by atoms with E-state index in [1.165, 1.54) is 51.4 Å². The minimum Gasteiger partial charge on any atom is -0.462 e. The van der Waals surface area contributed by atoms with Gasteiger partial charge in [-0.25, -0.2) is 0 Å². The fourth-order valence-electron chi connectivity index (χ4n) is 11.9. The topological polar surface area (TPSA) is 66.8 Å². The zero-order chi connectivity index (χ0) is 27.2. The van der Waals surface area contributed by atoms with E-state index in [9.17, 15) is 15.0 Å². The summed E-state index contributed by atoms with van der Waals surface area (Å²) in [7, 11) is 0. The molecule has 0 saturated heterocycles. The zero-order valence-corrected chi connectivity index (χ0v) is 25.2. The predicted molar refractivity (Wildman–Crippen MR) is 148 cm³/mol. The van der Waals surface area contributed by atoms with Crippen LogP contribution in [0.3, 0.4) is 0 Å². The Balaban J connectivity index is 1.36. The molecule has 10 atom stereocenters. The van der Waals surface area contributed by atoms with Gasteiger partial charge in [-0.05, 0) is 122 Å². The Morgan fingerprint density at radius 1 is 0.919 bits per heavy atom. The molecule has 0 aliphatic heterocycles. The van der Waals surface area contributed by atoms with Crippen LogP contribution in [0.2, 0.25) is 0 Å². The summed E-state index contributed by atoms with van der Waals surface area (Å²) < 4.78 is 5.90. The average molecular weight is 517 g/mol. The Morgan fingerprint density at radius 2 is 1.57 bits per heavy atom. The molecule has 0 aromatic carbocycles. The summed E-state index contributed by atoms with van der Waals surface area (Å²) in [6.07, 6.45) is 13.5. The first-order valence-corrected chi connectivity index (χ1v) is 15.6. The lowest BCUT2D eigenvalue weighted by Crippen LogP contribution is -2.58. The van der Waals surface area contributed by atoms with Crippen LogP contribution in [0, 0.1) is 56.7 Å². The van der Waals surface area contributed by atoms with Crippen molar-refractivity contribution < 1.29 is 19.7 Å². The number of carbonyl (C=O) groups excluding carboxylic acids is 1. The molecule has 0 aromatic rings. The number of carbonyl (C=O) groups is 1. The molecular formula is C33H56O4. The van der Waals surface area contributed by atoms with Crippen molar-refractivity contribution >= 4 is 5.97 Å². The summed E-state index contributed by atoms with van der Waals surface area (Å²) in [5.74, 6) is 2.72. The largest absolute Gasteiger partial charge is 0.462 e. The van der Waals surface area contributed by atoms with Gasteiger partial charge in [-0.1, -0.05) is 48.5 Å². The van der Waals surface area contributed by atoms with Crippen LogP contribution in [0.5, 0.6) is 0 Å². The lowest BCUT2D eigenvalue weighted by atomic mass is 9.41. The van der Waals surface area contributed by atoms with E-state index >= 15 is 0 Å². The van der Waals surface area contributed by atoms with Crippen LogP contribution in [0.4, 0.5) is 0 Å². The summed E-state index contributed by atoms with van der Waals surface area (Å²) in [5.41, 5.74) is 0.838. The molecule has 0 aromatic heterocycles. The molecule has 2 spiro atoms. The van der Waals surface area contributed by atoms with Gasteiger partial charge in [-0.3, -0.25) is 4.79 Å². The van der Waals surface area contributed by atoms with E-state index in [1.807, 2.05) is 13.8 Å². The molecule has 5 rings (SSSR count). The lowest BCUT2D eigenvalue weighted by molar-refractivity contribution is -0.181. The van der Waals surface area contributed by atoms with Crippen molar-refractivity contribution in [2.45, 2.75) is 138 Å². The van der Waals surface area contributed by atoms with Gasteiger partial charge in [0.2, 0.25) is 0 Å². The van der Waals surface area contributed by atoms with Gasteiger partial charge in [0.25, 0.3) is 0 Å². The minimum absolute atomic E-state index is 0.0622. The number of hydrogen-bond acceptors (Lipinski definition) is 4. The van der Waals surface area contributed by atoms with E-state index in [0.717, 1.165) is 18.8 Å². The zero-order valence-electron chi connectivity index (χ0n) is 25.2. The number of fused-ring (bicyclic) bond motifs is 2. The normalized spacial score (nSPS) is 48.2. The third-order valence-electron chi connectivity index (χ3n) is 14.5. The van der Waals surface area contributed by atoms with Crippen LogP contribution < -0.4 is 0 Å². The Hall–Kier alpha value is -0.610. The summed E-state index contributed by atoms with van der Waals surface area (Å²) in [4.78, 5) is 11.9. The molecule has 0 amide bonds. The summed E-state index contributed by atoms with van der Waals surface area (Å²) in [6, 6.07) is 0. The predicted octanol–water partition coefficient (Wildman–Crippen LogP) is 7.15. The highest BCUT2D eigenvalue weighted by Gasteiger charge is 2.82. The molecule has 5 aliphatic carbocycles. The maximum Gasteiger partial charge on any atom is 0.302 e. The standard InChI is InChI=1S/C33H56O4/c1-21(2)33(36,20-34)16-11-22(3)24-12-14-30(8)26-10-9-25-28(5,6)27(37-23(4)35)13-15-31(25)19-32(26,31)18-17-29(24,30)7/h21-22,24-27,34,36H,9-20H2,1-8H3/t22-,24?,25?,26?,27+,29-,30+,31-,32+,33?/m1/s1. The second kappa shape index (κ2) is 8.69. The van der Waals surface area contributed by atoms with Crippen LogP contribution in [0.25, 0.3) is 0 Å². The average Bonchev–Trinajstić information content (AvgIpc) is 3.41. The Bertz CT molecular complexity index is 912. The second-order valence-electron chi connectivity index (χ2n) is 16.0. The van der Waals surface area contributed by atoms with Gasteiger partial charge in [0.1, 0.15) is 6.10 Å². The quantitative estimate of drug-likeness (QED) is 0.353. The first-order valence-electron chi connectivity index (χ1n) is 15.6. The first-order chi connectivity index (χ1) is 17.1. The van der Waals surface area contributed by atoms with Crippen molar-refractivity contribution in [2.75, 3.05) is 6.61 Å². The Kier molecular flexibility index (Phi) is 6.56. The molecule has 37 heavy (non-hydrogen) atoms. The first kappa shape index (κ1) is 27.9. The third-order valence-corrected chi connectivity index (χ3v) is 14.5. The minimum atomic E-state index is -0.954. The molecule has 0 bridgehead atoms. The van der Waals surface area contributed by atoms with Crippen LogP contribution >= 0.6 is 0 Å². The summed E-state index contributed by atoms with van der Waals surface area (Å²) >= 11 is 0. The molecule has 5 saturated carbocycles. The third kappa shape index (κ3) is 3.62. The molecule has 4 nitrogen and oxygen atoms in total. The van der Waals surface area contributed by atoms with Gasteiger partial charge < -0.3 is 14.9 Å². The number of aliphatic hydroxyl groups is 2. The molecule has 0 radical (unpaired) electrons. The van der Waals surface area contributed by atoms with E-state index in [2.05, 4.69) is 34.6 Å². The van der Waals surface area contributed by atoms with Crippen molar-refractivity contribution in [2.24, 2.45) is 56.7 Å². The van der Waals surface area contributed by atoms with Gasteiger partial charge in [-0.2, -0.15) is 0 Å². The molecule has 4 heteroatoms. The van der Waals surface area contributed by atoms with Crippen molar-refractivity contribution in [3.63, 3.8) is 0 Å². The highest BCUT2D eigenvalue weighted by Crippen LogP contribution is 2.89. The van der Waals surface area contributed by atoms with Crippen molar-refractivity contribution in [3.05, 3.63) is 0 Å². The second-order valence-corrected chi connectivity index (χ2v) is 16.0. The van der Waals surface area contributed by atoms with Crippen LogP contribution in [0.1, 0.15) is 126 Å². The van der Waals surface area contributed by atoms with E-state index in [0.29, 0.717) is 45.8 Å². The smallest absolute Gasteiger partial charge is 0.302 e. The maximum atomic E-state index is 11.9. The molecule has 5 fully saturated rings. The Morgan fingerprint density at radius 3 is 2.19 bits per heavy atom. The molecule has 4 unspecified atom stereocenters. The fraction of sp³-hybridized carbons (Fsp3) is 0.970. The van der Waals surface area contributed by atoms with Gasteiger partial charge in [0.15, 0.2) is 0 Å². The number of rotatable bonds is 7. The highest BCUT2D eigenvalue weighted by atomic mass is 16.5. The van der Waals surface area contributed by atoms with Gasteiger partial charge in [0, 0.05) is 12.3 Å². The van der Waals surface area contributed by atoms with Crippen LogP contribution in [0.15, 0.2) is 0 Å². The SMILES string of the molecule is CC(=O)O[C@H]1CC[C@]23C[C@]24CC[C@]2(C)C([C@H](C)CCC(O)(CO)C(C)C)CC[C@@]2(C)C4CCC3C1(C)C. The van der Waals surface area contributed by atoms with Gasteiger partial charge in [-0.15, -0.1) is 0 Å². The molecule has 0 heterocycles. The molecular weight excluding hydrogens is 460 g/mol. The van der Waals surface area contributed by atoms with E-state index in [4.69, 9.17) is 4.74 Å². The fourth-order valence-corrected chi connectivity index (χ4v) is 11.9. The molecule has 212 valence electrons. The summed E-state index contributed by atoms with van der Waals surface area (Å²) in [5, 5.41) is 20.9. The van der Waals surface area contributed by atoms with Gasteiger partial charge >= 0.3 is 5.97 Å². The Labute approximate surface area is 226 Å². The van der Waals surface area contributed by atoms with Crippen molar-refractivity contribution in [1.29, 1.82) is 0 Å². The number of esters is 1.